The number of hydrogen-bond acceptors (Lipinski definition) is 6. The summed E-state index contributed by atoms with van der Waals surface area (Å²) in [5.41, 5.74) is 0. The predicted octanol–water partition coefficient (Wildman–Crippen LogP) is 26.2. The molecule has 0 bridgehead atoms. The van der Waals surface area contributed by atoms with Gasteiger partial charge < -0.3 is 19.4 Å². The lowest BCUT2D eigenvalue weighted by molar-refractivity contribution is -0.870. The van der Waals surface area contributed by atoms with Crippen LogP contribution in [0.4, 0.5) is 0 Å². The van der Waals surface area contributed by atoms with E-state index in [1.54, 1.807) is 0 Å². The van der Waals surface area contributed by atoms with Crippen LogP contribution in [0.5, 0.6) is 0 Å². The number of ether oxygens (including phenoxy) is 1. The molecule has 0 saturated carbocycles. The second kappa shape index (κ2) is 72.2. The van der Waals surface area contributed by atoms with Gasteiger partial charge >= 0.3 is 13.8 Å². The van der Waals surface area contributed by atoms with Crippen molar-refractivity contribution in [3.8, 4) is 0 Å². The largest absolute Gasteiger partial charge is 0.472 e. The van der Waals surface area contributed by atoms with E-state index >= 15 is 0 Å². The number of quaternary nitrogens is 1. The number of nitrogens with zero attached hydrogens (tertiary/aromatic N) is 1. The van der Waals surface area contributed by atoms with Gasteiger partial charge in [0.05, 0.1) is 33.8 Å². The third kappa shape index (κ3) is 73.5. The summed E-state index contributed by atoms with van der Waals surface area (Å²) in [7, 11) is 1.51. The van der Waals surface area contributed by atoms with Crippen LogP contribution in [0.3, 0.4) is 0 Å². The minimum absolute atomic E-state index is 0.0404. The second-order valence-corrected chi connectivity index (χ2v) is 30.0. The summed E-state index contributed by atoms with van der Waals surface area (Å²) in [6.45, 7) is 6.97. The van der Waals surface area contributed by atoms with Crippen molar-refractivity contribution in [2.24, 2.45) is 0 Å². The Morgan fingerprint density at radius 1 is 0.387 bits per heavy atom. The molecule has 0 fully saturated rings. The molecule has 9 nitrogen and oxygen atoms in total. The van der Waals surface area contributed by atoms with Crippen LogP contribution in [-0.4, -0.2) is 74.3 Å². The van der Waals surface area contributed by atoms with Crippen LogP contribution >= 0.6 is 7.82 Å². The molecule has 0 aromatic rings. The molecule has 0 saturated heterocycles. The number of hydrogen-bond donors (Lipinski definition) is 2. The Labute approximate surface area is 578 Å². The number of rotatable bonds is 74. The Balaban J connectivity index is 4.94. The number of carbonyl (C=O) groups excluding carboxylic acids is 2. The number of phosphoric acid groups is 1. The van der Waals surface area contributed by atoms with E-state index in [2.05, 4.69) is 92.9 Å². The number of likely N-dealkylation sites (N-methyl/N-ethyl adjacent to an activating group) is 1. The lowest BCUT2D eigenvalue weighted by Gasteiger charge is -2.27. The van der Waals surface area contributed by atoms with Gasteiger partial charge in [0.25, 0.3) is 0 Å². The first-order valence-corrected chi connectivity index (χ1v) is 41.8. The molecule has 544 valence electrons. The predicted molar refractivity (Wildman–Crippen MR) is 406 cm³/mol. The molecule has 3 unspecified atom stereocenters. The molecule has 0 radical (unpaired) electrons. The van der Waals surface area contributed by atoms with Gasteiger partial charge in [-0.25, -0.2) is 4.57 Å². The number of unbranched alkanes of at least 4 members (excludes halogenated alkanes) is 48. The van der Waals surface area contributed by atoms with Crippen LogP contribution in [0.1, 0.15) is 393 Å². The van der Waals surface area contributed by atoms with Gasteiger partial charge in [-0.1, -0.05) is 377 Å². The van der Waals surface area contributed by atoms with Gasteiger partial charge in [-0.2, -0.15) is 0 Å². The van der Waals surface area contributed by atoms with Gasteiger partial charge in [-0.15, -0.1) is 0 Å². The van der Waals surface area contributed by atoms with Crippen LogP contribution in [0.25, 0.3) is 0 Å². The first-order valence-electron chi connectivity index (χ1n) is 40.3. The summed E-state index contributed by atoms with van der Waals surface area (Å²) >= 11 is 0. The number of amides is 1. The van der Waals surface area contributed by atoms with E-state index < -0.39 is 20.0 Å². The smallest absolute Gasteiger partial charge is 0.456 e. The molecule has 0 aromatic carbocycles. The number of phosphoric ester groups is 1. The second-order valence-electron chi connectivity index (χ2n) is 28.6. The van der Waals surface area contributed by atoms with Crippen molar-refractivity contribution in [2.45, 2.75) is 405 Å². The van der Waals surface area contributed by atoms with E-state index in [-0.39, 0.29) is 31.5 Å². The number of carbonyl (C=O) groups is 2. The van der Waals surface area contributed by atoms with Crippen molar-refractivity contribution in [3.05, 3.63) is 72.9 Å². The highest BCUT2D eigenvalue weighted by atomic mass is 31.2. The van der Waals surface area contributed by atoms with E-state index in [0.717, 1.165) is 89.9 Å². The average molecular weight is 1330 g/mol. The zero-order valence-corrected chi connectivity index (χ0v) is 63.4. The SMILES string of the molecule is CC/C=C\C/C=C\C/C=C\C/C=C\C/C=C\CCCCCCCCCCCCCC(=O)OC(/C=C/CCCCCCCCCCCCC)C(COP(=O)(O)OCC[N+](C)(C)C)NC(=O)CCCCCCCCCCCCCCCCCCCCCCCCCCCCC. The van der Waals surface area contributed by atoms with E-state index in [4.69, 9.17) is 13.8 Å². The molecule has 0 aliphatic rings. The Hall–Kier alpha value is -2.55. The van der Waals surface area contributed by atoms with Crippen molar-refractivity contribution < 1.29 is 37.3 Å². The molecular formula is C83H156N2O7P+. The van der Waals surface area contributed by atoms with Crippen LogP contribution in [0.2, 0.25) is 0 Å². The average Bonchev–Trinajstić information content (AvgIpc) is 2.15. The fraction of sp³-hybridized carbons (Fsp3) is 0.831. The Morgan fingerprint density at radius 3 is 1.03 bits per heavy atom. The van der Waals surface area contributed by atoms with Crippen molar-refractivity contribution in [2.75, 3.05) is 40.9 Å². The molecule has 1 amide bonds. The van der Waals surface area contributed by atoms with Crippen molar-refractivity contribution in [1.82, 2.24) is 5.32 Å². The monoisotopic (exact) mass is 1320 g/mol. The molecule has 2 N–H and O–H groups in total. The van der Waals surface area contributed by atoms with E-state index in [1.165, 1.54) is 270 Å². The van der Waals surface area contributed by atoms with Crippen LogP contribution in [-0.2, 0) is 27.9 Å². The molecule has 0 aliphatic heterocycles. The first-order chi connectivity index (χ1) is 45.4. The summed E-state index contributed by atoms with van der Waals surface area (Å²) in [5, 5.41) is 3.09. The summed E-state index contributed by atoms with van der Waals surface area (Å²) < 4.78 is 31.0. The van der Waals surface area contributed by atoms with Gasteiger partial charge in [0, 0.05) is 12.8 Å². The fourth-order valence-corrected chi connectivity index (χ4v) is 12.8. The standard InChI is InChI=1S/C83H155N2O7P/c1-7-10-13-16-19-22-25-28-30-32-34-36-38-40-42-44-46-48-50-52-54-57-60-63-66-69-72-75-82(86)84-80(79-91-93(88,89)90-78-77-85(4,5)6)81(74-71-68-65-62-59-56-27-24-21-18-15-12-9-3)92-83(87)76-73-70-67-64-61-58-55-53-51-49-47-45-43-41-39-37-35-33-31-29-26-23-20-17-14-11-8-2/h11,14,20,23,29,31,35,37,41,43,71,74,80-81H,7-10,12-13,15-19,21-22,24-28,30,32-34,36,38-40,42,44-70,72-73,75-79H2,1-6H3,(H-,84,86,88,89)/p+1/b14-11-,23-20-,31-29-,37-35-,43-41-,74-71+. The zero-order chi connectivity index (χ0) is 67.8. The Morgan fingerprint density at radius 2 is 0.688 bits per heavy atom. The molecule has 0 aliphatic carbocycles. The highest BCUT2D eigenvalue weighted by Crippen LogP contribution is 2.43. The first kappa shape index (κ1) is 90.5. The minimum atomic E-state index is -4.46. The maximum absolute atomic E-state index is 13.7. The van der Waals surface area contributed by atoms with Crippen LogP contribution in [0.15, 0.2) is 72.9 Å². The highest BCUT2D eigenvalue weighted by Gasteiger charge is 2.30. The number of allylic oxidation sites excluding steroid dienone is 11. The molecule has 3 atom stereocenters. The minimum Gasteiger partial charge on any atom is -0.456 e. The van der Waals surface area contributed by atoms with Crippen molar-refractivity contribution in [1.29, 1.82) is 0 Å². The summed E-state index contributed by atoms with van der Waals surface area (Å²) in [4.78, 5) is 38.1. The Kier molecular flexibility index (Phi) is 70.2. The van der Waals surface area contributed by atoms with Crippen LogP contribution < -0.4 is 5.32 Å². The third-order valence-electron chi connectivity index (χ3n) is 18.2. The van der Waals surface area contributed by atoms with E-state index in [0.29, 0.717) is 17.4 Å². The molecule has 0 rings (SSSR count). The Bertz CT molecular complexity index is 1820. The molecular weight excluding hydrogens is 1170 g/mol. The summed E-state index contributed by atoms with van der Waals surface area (Å²) in [6, 6.07) is -0.852. The molecule has 93 heavy (non-hydrogen) atoms. The normalized spacial score (nSPS) is 13.8. The van der Waals surface area contributed by atoms with Crippen LogP contribution in [0, 0.1) is 0 Å². The van der Waals surface area contributed by atoms with Gasteiger partial charge in [0.1, 0.15) is 19.3 Å². The molecule has 10 heteroatoms. The van der Waals surface area contributed by atoms with Gasteiger partial charge in [0.15, 0.2) is 0 Å². The lowest BCUT2D eigenvalue weighted by Crippen LogP contribution is -2.47. The van der Waals surface area contributed by atoms with E-state index in [1.807, 2.05) is 27.2 Å². The highest BCUT2D eigenvalue weighted by molar-refractivity contribution is 7.47. The fourth-order valence-electron chi connectivity index (χ4n) is 12.0. The molecule has 0 spiro atoms. The maximum Gasteiger partial charge on any atom is 0.472 e. The molecule has 0 heterocycles. The summed E-state index contributed by atoms with van der Waals surface area (Å²) in [6.07, 6.45) is 96.5. The zero-order valence-electron chi connectivity index (χ0n) is 62.5. The third-order valence-corrected chi connectivity index (χ3v) is 19.1. The number of nitrogens with one attached hydrogen (secondary N) is 1. The lowest BCUT2D eigenvalue weighted by atomic mass is 10.0. The molecule has 0 aromatic heterocycles. The van der Waals surface area contributed by atoms with E-state index in [9.17, 15) is 19.0 Å². The number of esters is 1. The van der Waals surface area contributed by atoms with Gasteiger partial charge in [0.2, 0.25) is 5.91 Å². The van der Waals surface area contributed by atoms with Gasteiger partial charge in [-0.05, 0) is 76.7 Å². The maximum atomic E-state index is 13.7. The van der Waals surface area contributed by atoms with Gasteiger partial charge in [-0.3, -0.25) is 18.6 Å². The quantitative estimate of drug-likeness (QED) is 0.0205. The van der Waals surface area contributed by atoms with Crippen molar-refractivity contribution >= 4 is 19.7 Å². The van der Waals surface area contributed by atoms with Crippen molar-refractivity contribution in [3.63, 3.8) is 0 Å². The topological polar surface area (TPSA) is 111 Å². The summed E-state index contributed by atoms with van der Waals surface area (Å²) in [5.74, 6) is -0.490.